The molecule has 2 amide bonds. The molecule has 0 saturated heterocycles. The molecule has 24 heavy (non-hydrogen) atoms. The van der Waals surface area contributed by atoms with Gasteiger partial charge < -0.3 is 19.7 Å². The van der Waals surface area contributed by atoms with Crippen molar-refractivity contribution in [1.29, 1.82) is 0 Å². The first-order valence-corrected chi connectivity index (χ1v) is 7.14. The first-order chi connectivity index (χ1) is 11.3. The summed E-state index contributed by atoms with van der Waals surface area (Å²) in [5, 5.41) is 11.7. The van der Waals surface area contributed by atoms with Gasteiger partial charge in [0.05, 0.1) is 12.8 Å². The Kier molecular flexibility index (Phi) is 5.50. The molecule has 1 heterocycles. The Morgan fingerprint density at radius 2 is 1.92 bits per heavy atom. The Hall–Kier alpha value is -2.48. The van der Waals surface area contributed by atoms with Crippen molar-refractivity contribution in [2.24, 2.45) is 0 Å². The number of nitrogens with one attached hydrogen (secondary N) is 1. The zero-order valence-electron chi connectivity index (χ0n) is 12.8. The minimum atomic E-state index is -4.78. The average molecular weight is 342 g/mol. The highest BCUT2D eigenvalue weighted by atomic mass is 19.4. The van der Waals surface area contributed by atoms with Crippen molar-refractivity contribution in [3.05, 3.63) is 60.1 Å². The lowest BCUT2D eigenvalue weighted by molar-refractivity contribution is -0.205. The number of benzene rings is 1. The molecule has 2 N–H and O–H groups in total. The van der Waals surface area contributed by atoms with E-state index in [0.717, 1.165) is 4.90 Å². The monoisotopic (exact) mass is 342 g/mol. The molecule has 0 unspecified atom stereocenters. The summed E-state index contributed by atoms with van der Waals surface area (Å²) in [6.45, 7) is -0.866. The van der Waals surface area contributed by atoms with Crippen molar-refractivity contribution < 1.29 is 27.5 Å². The maximum Gasteiger partial charge on any atom is 0.416 e. The minimum Gasteiger partial charge on any atom is -0.467 e. The normalized spacial score (nSPS) is 14.0. The number of rotatable bonds is 5. The molecule has 2 atom stereocenters. The highest BCUT2D eigenvalue weighted by molar-refractivity contribution is 5.75. The van der Waals surface area contributed by atoms with Crippen LogP contribution in [-0.2, 0) is 0 Å². The number of hydrogen-bond acceptors (Lipinski definition) is 3. The fourth-order valence-corrected chi connectivity index (χ4v) is 2.10. The Labute approximate surface area is 136 Å². The average Bonchev–Trinajstić information content (AvgIpc) is 3.06. The molecule has 0 saturated carbocycles. The van der Waals surface area contributed by atoms with Crippen LogP contribution in [0.2, 0.25) is 0 Å². The fraction of sp³-hybridized carbons (Fsp3) is 0.312. The van der Waals surface area contributed by atoms with Gasteiger partial charge in [-0.15, -0.1) is 0 Å². The van der Waals surface area contributed by atoms with Gasteiger partial charge in [0.1, 0.15) is 11.8 Å². The van der Waals surface area contributed by atoms with Gasteiger partial charge in [0, 0.05) is 7.05 Å². The van der Waals surface area contributed by atoms with Crippen LogP contribution in [0.4, 0.5) is 18.0 Å². The molecule has 0 aliphatic heterocycles. The van der Waals surface area contributed by atoms with Crippen molar-refractivity contribution >= 4 is 6.03 Å². The first kappa shape index (κ1) is 17.9. The predicted octanol–water partition coefficient (Wildman–Crippen LogP) is 2.93. The number of halogens is 3. The van der Waals surface area contributed by atoms with Crippen LogP contribution in [0.15, 0.2) is 53.1 Å². The zero-order chi connectivity index (χ0) is 17.7. The number of aliphatic hydroxyl groups is 1. The van der Waals surface area contributed by atoms with E-state index in [4.69, 9.17) is 9.52 Å². The number of nitrogens with zero attached hydrogens (tertiary/aromatic N) is 1. The van der Waals surface area contributed by atoms with Gasteiger partial charge in [0.2, 0.25) is 0 Å². The van der Waals surface area contributed by atoms with Crippen molar-refractivity contribution in [2.45, 2.75) is 18.3 Å². The molecule has 2 aromatic rings. The lowest BCUT2D eigenvalue weighted by Crippen LogP contribution is -2.46. The second-order valence-corrected chi connectivity index (χ2v) is 5.25. The van der Waals surface area contributed by atoms with E-state index < -0.39 is 30.9 Å². The summed E-state index contributed by atoms with van der Waals surface area (Å²) in [4.78, 5) is 13.0. The third-order valence-electron chi connectivity index (χ3n) is 3.40. The number of carbonyl (C=O) groups is 1. The molecule has 0 spiro atoms. The van der Waals surface area contributed by atoms with Gasteiger partial charge in [-0.2, -0.15) is 13.2 Å². The molecule has 8 heteroatoms. The topological polar surface area (TPSA) is 65.7 Å². The molecule has 0 bridgehead atoms. The summed E-state index contributed by atoms with van der Waals surface area (Å²) < 4.78 is 42.5. The van der Waals surface area contributed by atoms with Gasteiger partial charge in [-0.3, -0.25) is 0 Å². The number of carbonyl (C=O) groups excluding carboxylic acids is 1. The van der Waals surface area contributed by atoms with E-state index in [9.17, 15) is 18.0 Å². The highest BCUT2D eigenvalue weighted by Gasteiger charge is 2.39. The summed E-state index contributed by atoms with van der Waals surface area (Å²) in [7, 11) is 1.18. The van der Waals surface area contributed by atoms with Crippen molar-refractivity contribution in [3.8, 4) is 0 Å². The molecule has 0 radical (unpaired) electrons. The lowest BCUT2D eigenvalue weighted by Gasteiger charge is -2.25. The predicted molar refractivity (Wildman–Crippen MR) is 80.2 cm³/mol. The quantitative estimate of drug-likeness (QED) is 0.878. The van der Waals surface area contributed by atoms with Crippen molar-refractivity contribution in [1.82, 2.24) is 10.2 Å². The van der Waals surface area contributed by atoms with Crippen LogP contribution in [0.3, 0.4) is 0 Å². The number of likely N-dealkylation sites (N-methyl/N-ethyl adjacent to an activating group) is 1. The maximum atomic E-state index is 12.4. The Bertz CT molecular complexity index is 644. The SMILES string of the molecule is CN(C[C@@H](O)C(F)(F)F)C(=O)N[C@H](c1ccccc1)c1ccco1. The van der Waals surface area contributed by atoms with Crippen LogP contribution in [0.5, 0.6) is 0 Å². The van der Waals surface area contributed by atoms with E-state index in [1.807, 2.05) is 0 Å². The van der Waals surface area contributed by atoms with Gasteiger partial charge in [-0.05, 0) is 17.7 Å². The second-order valence-electron chi connectivity index (χ2n) is 5.25. The van der Waals surface area contributed by atoms with E-state index in [1.54, 1.807) is 42.5 Å². The summed E-state index contributed by atoms with van der Waals surface area (Å²) in [6.07, 6.45) is -5.95. The van der Waals surface area contributed by atoms with E-state index in [1.165, 1.54) is 13.3 Å². The van der Waals surface area contributed by atoms with Crippen LogP contribution in [0.1, 0.15) is 17.4 Å². The molecule has 130 valence electrons. The molecule has 0 fully saturated rings. The smallest absolute Gasteiger partial charge is 0.416 e. The lowest BCUT2D eigenvalue weighted by atomic mass is 10.0. The highest BCUT2D eigenvalue weighted by Crippen LogP contribution is 2.23. The van der Waals surface area contributed by atoms with Crippen LogP contribution in [0, 0.1) is 0 Å². The zero-order valence-corrected chi connectivity index (χ0v) is 12.8. The van der Waals surface area contributed by atoms with Gasteiger partial charge in [0.15, 0.2) is 6.10 Å². The van der Waals surface area contributed by atoms with E-state index in [0.29, 0.717) is 11.3 Å². The van der Waals surface area contributed by atoms with Crippen LogP contribution in [0.25, 0.3) is 0 Å². The van der Waals surface area contributed by atoms with E-state index >= 15 is 0 Å². The molecule has 0 aliphatic rings. The fourth-order valence-electron chi connectivity index (χ4n) is 2.10. The maximum absolute atomic E-state index is 12.4. The summed E-state index contributed by atoms with van der Waals surface area (Å²) >= 11 is 0. The largest absolute Gasteiger partial charge is 0.467 e. The number of amides is 2. The number of furan rings is 1. The third kappa shape index (κ3) is 4.51. The molecule has 1 aromatic heterocycles. The Morgan fingerprint density at radius 1 is 1.25 bits per heavy atom. The molecule has 1 aromatic carbocycles. The van der Waals surface area contributed by atoms with Gasteiger partial charge in [0.25, 0.3) is 0 Å². The van der Waals surface area contributed by atoms with Gasteiger partial charge in [-0.25, -0.2) is 4.79 Å². The summed E-state index contributed by atoms with van der Waals surface area (Å²) in [6, 6.07) is 10.8. The summed E-state index contributed by atoms with van der Waals surface area (Å²) in [5.74, 6) is 0.444. The Morgan fingerprint density at radius 3 is 2.46 bits per heavy atom. The first-order valence-electron chi connectivity index (χ1n) is 7.14. The van der Waals surface area contributed by atoms with Crippen LogP contribution < -0.4 is 5.32 Å². The summed E-state index contributed by atoms with van der Waals surface area (Å²) in [5.41, 5.74) is 0.713. The molecular weight excluding hydrogens is 325 g/mol. The van der Waals surface area contributed by atoms with Crippen molar-refractivity contribution in [3.63, 3.8) is 0 Å². The third-order valence-corrected chi connectivity index (χ3v) is 3.40. The standard InChI is InChI=1S/C16H17F3N2O3/c1-21(10-13(22)16(17,18)19)15(23)20-14(12-8-5-9-24-12)11-6-3-2-4-7-11/h2-9,13-14,22H,10H2,1H3,(H,20,23)/t13-,14-/m1/s1. The Balaban J connectivity index is 2.11. The van der Waals surface area contributed by atoms with Gasteiger partial charge in [-0.1, -0.05) is 30.3 Å². The van der Waals surface area contributed by atoms with Crippen molar-refractivity contribution in [2.75, 3.05) is 13.6 Å². The molecule has 5 nitrogen and oxygen atoms in total. The van der Waals surface area contributed by atoms with Crippen LogP contribution >= 0.6 is 0 Å². The number of urea groups is 1. The number of hydrogen-bond donors (Lipinski definition) is 2. The van der Waals surface area contributed by atoms with E-state index in [-0.39, 0.29) is 0 Å². The second kappa shape index (κ2) is 7.39. The number of alkyl halides is 3. The van der Waals surface area contributed by atoms with E-state index in [2.05, 4.69) is 5.32 Å². The molecular formula is C16H17F3N2O3. The molecule has 2 rings (SSSR count). The number of aliphatic hydroxyl groups excluding tert-OH is 1. The van der Waals surface area contributed by atoms with Crippen LogP contribution in [-0.4, -0.2) is 41.9 Å². The minimum absolute atomic E-state index is 0.444. The molecule has 0 aliphatic carbocycles. The van der Waals surface area contributed by atoms with Gasteiger partial charge >= 0.3 is 12.2 Å².